The quantitative estimate of drug-likeness (QED) is 0.816. The van der Waals surface area contributed by atoms with E-state index in [1.807, 2.05) is 24.3 Å². The number of methoxy groups -OCH3 is 1. The Hall–Kier alpha value is -2.08. The van der Waals surface area contributed by atoms with Gasteiger partial charge in [0.2, 0.25) is 11.8 Å². The zero-order valence-corrected chi connectivity index (χ0v) is 13.3. The molecule has 0 radical (unpaired) electrons. The van der Waals surface area contributed by atoms with Crippen LogP contribution in [0.25, 0.3) is 0 Å². The predicted molar refractivity (Wildman–Crippen MR) is 87.2 cm³/mol. The molecule has 1 heterocycles. The lowest BCUT2D eigenvalue weighted by molar-refractivity contribution is -0.127. The highest BCUT2D eigenvalue weighted by Crippen LogP contribution is 2.33. The number of amides is 2. The Balaban J connectivity index is 1.62. The molecule has 1 aromatic carbocycles. The fourth-order valence-electron chi connectivity index (χ4n) is 3.06. The summed E-state index contributed by atoms with van der Waals surface area (Å²) in [5.74, 6) is 0.865. The van der Waals surface area contributed by atoms with Gasteiger partial charge in [-0.3, -0.25) is 9.59 Å². The standard InChI is InChI=1S/C17H23N3O3/c1-23-14-6-4-13(5-7-14)20-10-12(8-16(20)21)17(22)19-15(9-18)11-2-3-11/h4-7,11-12,15H,2-3,8-10,18H2,1H3,(H,19,22). The average Bonchev–Trinajstić information content (AvgIpc) is 3.34. The van der Waals surface area contributed by atoms with E-state index in [0.29, 0.717) is 19.0 Å². The zero-order valence-electron chi connectivity index (χ0n) is 13.3. The van der Waals surface area contributed by atoms with E-state index in [-0.39, 0.29) is 30.2 Å². The van der Waals surface area contributed by atoms with E-state index in [0.717, 1.165) is 24.3 Å². The Morgan fingerprint density at radius 1 is 1.39 bits per heavy atom. The van der Waals surface area contributed by atoms with Gasteiger partial charge >= 0.3 is 0 Å². The summed E-state index contributed by atoms with van der Waals surface area (Å²) in [4.78, 5) is 26.3. The number of carbonyl (C=O) groups is 2. The molecule has 3 rings (SSSR count). The number of anilines is 1. The Bertz CT molecular complexity index is 583. The summed E-state index contributed by atoms with van der Waals surface area (Å²) >= 11 is 0. The van der Waals surface area contributed by atoms with E-state index < -0.39 is 0 Å². The van der Waals surface area contributed by atoms with Crippen molar-refractivity contribution in [3.8, 4) is 5.75 Å². The molecule has 2 amide bonds. The van der Waals surface area contributed by atoms with Crippen LogP contribution in [-0.4, -0.2) is 38.1 Å². The minimum atomic E-state index is -0.308. The maximum absolute atomic E-state index is 12.4. The fraction of sp³-hybridized carbons (Fsp3) is 0.529. The van der Waals surface area contributed by atoms with Crippen molar-refractivity contribution < 1.29 is 14.3 Å². The maximum atomic E-state index is 12.4. The van der Waals surface area contributed by atoms with Crippen LogP contribution in [0.1, 0.15) is 19.3 Å². The molecule has 1 aliphatic carbocycles. The van der Waals surface area contributed by atoms with Crippen molar-refractivity contribution in [3.63, 3.8) is 0 Å². The lowest BCUT2D eigenvalue weighted by Gasteiger charge is -2.20. The molecule has 23 heavy (non-hydrogen) atoms. The van der Waals surface area contributed by atoms with E-state index in [1.165, 1.54) is 0 Å². The molecule has 0 spiro atoms. The topological polar surface area (TPSA) is 84.7 Å². The van der Waals surface area contributed by atoms with Crippen LogP contribution in [-0.2, 0) is 9.59 Å². The lowest BCUT2D eigenvalue weighted by atomic mass is 10.1. The first-order chi connectivity index (χ1) is 11.1. The molecule has 2 unspecified atom stereocenters. The largest absolute Gasteiger partial charge is 0.497 e. The van der Waals surface area contributed by atoms with Gasteiger partial charge in [0.25, 0.3) is 0 Å². The van der Waals surface area contributed by atoms with Crippen molar-refractivity contribution in [1.82, 2.24) is 5.32 Å². The second kappa shape index (κ2) is 6.58. The molecule has 1 saturated carbocycles. The monoisotopic (exact) mass is 317 g/mol. The van der Waals surface area contributed by atoms with Crippen molar-refractivity contribution in [3.05, 3.63) is 24.3 Å². The van der Waals surface area contributed by atoms with Gasteiger partial charge in [-0.25, -0.2) is 0 Å². The van der Waals surface area contributed by atoms with E-state index >= 15 is 0 Å². The summed E-state index contributed by atoms with van der Waals surface area (Å²) in [6, 6.07) is 7.35. The van der Waals surface area contributed by atoms with Crippen molar-refractivity contribution in [1.29, 1.82) is 0 Å². The highest BCUT2D eigenvalue weighted by molar-refractivity contribution is 6.00. The summed E-state index contributed by atoms with van der Waals surface area (Å²) < 4.78 is 5.12. The van der Waals surface area contributed by atoms with Crippen LogP contribution in [0.4, 0.5) is 5.69 Å². The molecule has 1 aliphatic heterocycles. The molecule has 6 heteroatoms. The Kier molecular flexibility index (Phi) is 4.52. The number of carbonyl (C=O) groups excluding carboxylic acids is 2. The van der Waals surface area contributed by atoms with E-state index in [4.69, 9.17) is 10.5 Å². The van der Waals surface area contributed by atoms with Crippen LogP contribution >= 0.6 is 0 Å². The van der Waals surface area contributed by atoms with Crippen molar-refractivity contribution in [2.24, 2.45) is 17.6 Å². The van der Waals surface area contributed by atoms with Crippen LogP contribution in [0.5, 0.6) is 5.75 Å². The summed E-state index contributed by atoms with van der Waals surface area (Å²) in [5.41, 5.74) is 6.52. The number of nitrogens with two attached hydrogens (primary N) is 1. The van der Waals surface area contributed by atoms with Crippen molar-refractivity contribution in [2.75, 3.05) is 25.1 Å². The number of hydrogen-bond donors (Lipinski definition) is 2. The first kappa shape index (κ1) is 15.8. The van der Waals surface area contributed by atoms with Gasteiger partial charge in [-0.1, -0.05) is 0 Å². The van der Waals surface area contributed by atoms with E-state index in [1.54, 1.807) is 12.0 Å². The maximum Gasteiger partial charge on any atom is 0.227 e. The molecule has 2 atom stereocenters. The summed E-state index contributed by atoms with van der Waals surface area (Å²) in [6.45, 7) is 0.873. The minimum Gasteiger partial charge on any atom is -0.497 e. The molecule has 1 saturated heterocycles. The van der Waals surface area contributed by atoms with Crippen LogP contribution in [0, 0.1) is 11.8 Å². The van der Waals surface area contributed by atoms with Gasteiger partial charge < -0.3 is 20.7 Å². The number of benzene rings is 1. The second-order valence-electron chi connectivity index (χ2n) is 6.29. The van der Waals surface area contributed by atoms with Crippen LogP contribution in [0.2, 0.25) is 0 Å². The highest BCUT2D eigenvalue weighted by Gasteiger charge is 2.38. The third-order valence-electron chi connectivity index (χ3n) is 4.65. The normalized spacial score (nSPS) is 22.1. The smallest absolute Gasteiger partial charge is 0.227 e. The van der Waals surface area contributed by atoms with Crippen molar-refractivity contribution in [2.45, 2.75) is 25.3 Å². The molecular weight excluding hydrogens is 294 g/mol. The number of ether oxygens (including phenoxy) is 1. The summed E-state index contributed by atoms with van der Waals surface area (Å²) in [5, 5.41) is 3.02. The third-order valence-corrected chi connectivity index (χ3v) is 4.65. The van der Waals surface area contributed by atoms with Crippen molar-refractivity contribution >= 4 is 17.5 Å². The zero-order chi connectivity index (χ0) is 16.4. The Morgan fingerprint density at radius 3 is 2.65 bits per heavy atom. The molecule has 2 aliphatic rings. The summed E-state index contributed by atoms with van der Waals surface area (Å²) in [7, 11) is 1.60. The predicted octanol–water partition coefficient (Wildman–Crippen LogP) is 0.902. The van der Waals surface area contributed by atoms with Crippen LogP contribution < -0.4 is 20.7 Å². The van der Waals surface area contributed by atoms with Gasteiger partial charge in [-0.2, -0.15) is 0 Å². The van der Waals surface area contributed by atoms with Crippen LogP contribution in [0.15, 0.2) is 24.3 Å². The fourth-order valence-corrected chi connectivity index (χ4v) is 3.06. The molecule has 0 bridgehead atoms. The van der Waals surface area contributed by atoms with Gasteiger partial charge in [-0.15, -0.1) is 0 Å². The number of rotatable bonds is 6. The molecular formula is C17H23N3O3. The molecule has 124 valence electrons. The van der Waals surface area contributed by atoms with Gasteiger partial charge in [-0.05, 0) is 43.0 Å². The van der Waals surface area contributed by atoms with Crippen LogP contribution in [0.3, 0.4) is 0 Å². The van der Waals surface area contributed by atoms with Gasteiger partial charge in [0, 0.05) is 31.2 Å². The number of hydrogen-bond acceptors (Lipinski definition) is 4. The average molecular weight is 317 g/mol. The summed E-state index contributed by atoms with van der Waals surface area (Å²) in [6.07, 6.45) is 2.51. The number of nitrogens with one attached hydrogen (secondary N) is 1. The molecule has 1 aromatic rings. The van der Waals surface area contributed by atoms with E-state index in [2.05, 4.69) is 5.32 Å². The second-order valence-corrected chi connectivity index (χ2v) is 6.29. The Labute approximate surface area is 136 Å². The molecule has 2 fully saturated rings. The Morgan fingerprint density at radius 2 is 2.09 bits per heavy atom. The first-order valence-corrected chi connectivity index (χ1v) is 8.07. The SMILES string of the molecule is COc1ccc(N2CC(C(=O)NC(CN)C3CC3)CC2=O)cc1. The first-order valence-electron chi connectivity index (χ1n) is 8.07. The third kappa shape index (κ3) is 3.47. The lowest BCUT2D eigenvalue weighted by Crippen LogP contribution is -2.45. The minimum absolute atomic E-state index is 0.0222. The van der Waals surface area contributed by atoms with Gasteiger partial charge in [0.15, 0.2) is 0 Å². The van der Waals surface area contributed by atoms with E-state index in [9.17, 15) is 9.59 Å². The van der Waals surface area contributed by atoms with Gasteiger partial charge in [0.05, 0.1) is 13.0 Å². The van der Waals surface area contributed by atoms with Gasteiger partial charge in [0.1, 0.15) is 5.75 Å². The number of nitrogens with zero attached hydrogens (tertiary/aromatic N) is 1. The molecule has 3 N–H and O–H groups in total. The molecule has 0 aromatic heterocycles. The highest BCUT2D eigenvalue weighted by atomic mass is 16.5. The molecule has 6 nitrogen and oxygen atoms in total.